The molecule has 6 aromatic rings. The second kappa shape index (κ2) is 7.28. The number of hydrogen-bond acceptors (Lipinski definition) is 6. The highest BCUT2D eigenvalue weighted by atomic mass is 16.5. The molecule has 6 rings (SSSR count). The number of pyridine rings is 4. The molecular formula is C24H17N7O. The van der Waals surface area contributed by atoms with Gasteiger partial charge in [-0.25, -0.2) is 4.98 Å². The summed E-state index contributed by atoms with van der Waals surface area (Å²) in [5, 5.41) is 9.50. The van der Waals surface area contributed by atoms with Crippen LogP contribution < -0.4 is 4.74 Å². The highest BCUT2D eigenvalue weighted by Gasteiger charge is 2.15. The van der Waals surface area contributed by atoms with Gasteiger partial charge in [0.15, 0.2) is 5.65 Å². The van der Waals surface area contributed by atoms with E-state index in [-0.39, 0.29) is 0 Å². The van der Waals surface area contributed by atoms with Crippen molar-refractivity contribution < 1.29 is 4.74 Å². The van der Waals surface area contributed by atoms with Gasteiger partial charge in [-0.3, -0.25) is 20.1 Å². The molecule has 0 spiro atoms. The van der Waals surface area contributed by atoms with E-state index in [0.29, 0.717) is 11.4 Å². The van der Waals surface area contributed by atoms with Crippen molar-refractivity contribution in [2.75, 3.05) is 7.11 Å². The van der Waals surface area contributed by atoms with Gasteiger partial charge in [0.25, 0.3) is 0 Å². The summed E-state index contributed by atoms with van der Waals surface area (Å²) in [7, 11) is 1.63. The van der Waals surface area contributed by atoms with E-state index in [2.05, 4.69) is 47.2 Å². The Morgan fingerprint density at radius 1 is 0.812 bits per heavy atom. The minimum Gasteiger partial charge on any atom is -0.495 e. The summed E-state index contributed by atoms with van der Waals surface area (Å²) in [5.41, 5.74) is 7.23. The summed E-state index contributed by atoms with van der Waals surface area (Å²) < 4.78 is 5.31. The van der Waals surface area contributed by atoms with Crippen molar-refractivity contribution in [3.8, 4) is 39.4 Å². The van der Waals surface area contributed by atoms with Crippen molar-refractivity contribution in [2.24, 2.45) is 0 Å². The Hall–Kier alpha value is -4.59. The molecule has 0 unspecified atom stereocenters. The number of nitrogens with one attached hydrogen (secondary N) is 2. The quantitative estimate of drug-likeness (QED) is 0.431. The monoisotopic (exact) mass is 419 g/mol. The van der Waals surface area contributed by atoms with Crippen LogP contribution in [0.5, 0.6) is 5.75 Å². The molecule has 0 aliphatic rings. The van der Waals surface area contributed by atoms with Crippen LogP contribution in [-0.4, -0.2) is 42.2 Å². The van der Waals surface area contributed by atoms with E-state index < -0.39 is 0 Å². The van der Waals surface area contributed by atoms with E-state index in [4.69, 9.17) is 4.74 Å². The molecule has 2 N–H and O–H groups in total. The van der Waals surface area contributed by atoms with Crippen LogP contribution in [0.15, 0.2) is 73.7 Å². The Morgan fingerprint density at radius 3 is 2.56 bits per heavy atom. The predicted octanol–water partition coefficient (Wildman–Crippen LogP) is 4.63. The fourth-order valence-corrected chi connectivity index (χ4v) is 3.89. The van der Waals surface area contributed by atoms with Gasteiger partial charge in [0.05, 0.1) is 36.4 Å². The number of aromatic amines is 2. The van der Waals surface area contributed by atoms with E-state index in [1.54, 1.807) is 31.9 Å². The highest BCUT2D eigenvalue weighted by molar-refractivity contribution is 6.00. The van der Waals surface area contributed by atoms with Crippen molar-refractivity contribution in [1.29, 1.82) is 0 Å². The predicted molar refractivity (Wildman–Crippen MR) is 122 cm³/mol. The smallest absolute Gasteiger partial charge is 0.181 e. The van der Waals surface area contributed by atoms with Gasteiger partial charge in [-0.15, -0.1) is 0 Å². The number of ether oxygens (including phenoxy) is 1. The third kappa shape index (κ3) is 2.97. The van der Waals surface area contributed by atoms with Crippen molar-refractivity contribution in [3.05, 3.63) is 73.7 Å². The van der Waals surface area contributed by atoms with E-state index in [1.165, 1.54) is 0 Å². The van der Waals surface area contributed by atoms with Gasteiger partial charge in [-0.05, 0) is 24.3 Å². The maximum absolute atomic E-state index is 5.31. The van der Waals surface area contributed by atoms with Crippen LogP contribution in [0.3, 0.4) is 0 Å². The molecule has 0 atom stereocenters. The van der Waals surface area contributed by atoms with E-state index in [9.17, 15) is 0 Å². The highest BCUT2D eigenvalue weighted by Crippen LogP contribution is 2.34. The molecule has 0 saturated carbocycles. The van der Waals surface area contributed by atoms with E-state index in [1.807, 2.05) is 36.8 Å². The third-order valence-electron chi connectivity index (χ3n) is 5.48. The summed E-state index contributed by atoms with van der Waals surface area (Å²) in [6, 6.07) is 10.0. The van der Waals surface area contributed by atoms with Crippen molar-refractivity contribution in [2.45, 2.75) is 0 Å². The molecule has 0 saturated heterocycles. The molecule has 0 radical (unpaired) electrons. The SMILES string of the molecule is COc1cncc(-c2cnc3n[nH]c(-c4cc5c(-c6cccnc6)cncc5[nH]4)c3c2)c1. The lowest BCUT2D eigenvalue weighted by Crippen LogP contribution is -1.87. The van der Waals surface area contributed by atoms with Crippen molar-refractivity contribution in [1.82, 2.24) is 35.1 Å². The van der Waals surface area contributed by atoms with Crippen molar-refractivity contribution in [3.63, 3.8) is 0 Å². The van der Waals surface area contributed by atoms with Gasteiger partial charge in [-0.1, -0.05) is 6.07 Å². The number of rotatable bonds is 4. The maximum Gasteiger partial charge on any atom is 0.181 e. The standard InChI is InChI=1S/C24H17N7O/c1-32-17-5-15(9-26-11-17)16-6-19-23(30-31-24(19)28-10-16)21-7-18-20(12-27-13-22(18)29-21)14-3-2-4-25-8-14/h2-13,29H,1H3,(H,28,30,31). The Balaban J connectivity index is 1.50. The minimum absolute atomic E-state index is 0.642. The first-order valence-corrected chi connectivity index (χ1v) is 10.0. The summed E-state index contributed by atoms with van der Waals surface area (Å²) in [5.74, 6) is 0.695. The molecular weight excluding hydrogens is 402 g/mol. The number of H-pyrrole nitrogens is 2. The van der Waals surface area contributed by atoms with Gasteiger partial charge in [0.1, 0.15) is 5.75 Å². The number of hydrogen-bond donors (Lipinski definition) is 2. The normalized spacial score (nSPS) is 11.3. The van der Waals surface area contributed by atoms with Crippen LogP contribution in [0.4, 0.5) is 0 Å². The number of methoxy groups -OCH3 is 1. The summed E-state index contributed by atoms with van der Waals surface area (Å²) >= 11 is 0. The fourth-order valence-electron chi connectivity index (χ4n) is 3.89. The lowest BCUT2D eigenvalue weighted by Gasteiger charge is -2.04. The second-order valence-corrected chi connectivity index (χ2v) is 7.38. The lowest BCUT2D eigenvalue weighted by atomic mass is 10.1. The number of nitrogens with zero attached hydrogens (tertiary/aromatic N) is 5. The zero-order valence-corrected chi connectivity index (χ0v) is 17.1. The van der Waals surface area contributed by atoms with E-state index >= 15 is 0 Å². The molecule has 154 valence electrons. The second-order valence-electron chi connectivity index (χ2n) is 7.38. The molecule has 32 heavy (non-hydrogen) atoms. The lowest BCUT2D eigenvalue weighted by molar-refractivity contribution is 0.413. The fraction of sp³-hybridized carbons (Fsp3) is 0.0417. The molecule has 0 bridgehead atoms. The van der Waals surface area contributed by atoms with Crippen LogP contribution in [0.25, 0.3) is 55.6 Å². The largest absolute Gasteiger partial charge is 0.495 e. The third-order valence-corrected chi connectivity index (χ3v) is 5.48. The van der Waals surface area contributed by atoms with Crippen molar-refractivity contribution >= 4 is 21.9 Å². The number of fused-ring (bicyclic) bond motifs is 2. The van der Waals surface area contributed by atoms with Crippen LogP contribution >= 0.6 is 0 Å². The van der Waals surface area contributed by atoms with Gasteiger partial charge in [-0.2, -0.15) is 5.10 Å². The average molecular weight is 419 g/mol. The zero-order valence-electron chi connectivity index (χ0n) is 17.1. The molecule has 8 nitrogen and oxygen atoms in total. The Morgan fingerprint density at radius 2 is 1.69 bits per heavy atom. The molecule has 6 aromatic heterocycles. The molecule has 0 amide bonds. The van der Waals surface area contributed by atoms with E-state index in [0.717, 1.165) is 49.9 Å². The molecule has 0 fully saturated rings. The first-order chi connectivity index (χ1) is 15.8. The zero-order chi connectivity index (χ0) is 21.5. The first-order valence-electron chi connectivity index (χ1n) is 10.0. The first kappa shape index (κ1) is 18.2. The maximum atomic E-state index is 5.31. The van der Waals surface area contributed by atoms with Crippen LogP contribution in [0.2, 0.25) is 0 Å². The van der Waals surface area contributed by atoms with Gasteiger partial charge in [0.2, 0.25) is 0 Å². The van der Waals surface area contributed by atoms with Gasteiger partial charge >= 0.3 is 0 Å². The topological polar surface area (TPSA) is 105 Å². The summed E-state index contributed by atoms with van der Waals surface area (Å²) in [6.07, 6.45) is 12.5. The average Bonchev–Trinajstić information content (AvgIpc) is 3.48. The summed E-state index contributed by atoms with van der Waals surface area (Å²) in [4.78, 5) is 20.9. The van der Waals surface area contributed by atoms with Gasteiger partial charge < -0.3 is 9.72 Å². The number of aromatic nitrogens is 7. The van der Waals surface area contributed by atoms with Gasteiger partial charge in [0, 0.05) is 64.0 Å². The molecule has 8 heteroatoms. The van der Waals surface area contributed by atoms with Crippen LogP contribution in [0.1, 0.15) is 0 Å². The molecule has 6 heterocycles. The molecule has 0 aromatic carbocycles. The Labute approximate surface area is 182 Å². The van der Waals surface area contributed by atoms with Crippen LogP contribution in [0, 0.1) is 0 Å². The summed E-state index contributed by atoms with van der Waals surface area (Å²) in [6.45, 7) is 0. The van der Waals surface area contributed by atoms with Crippen LogP contribution in [-0.2, 0) is 0 Å². The Bertz CT molecular complexity index is 1570. The minimum atomic E-state index is 0.642. The molecule has 0 aliphatic carbocycles. The Kier molecular flexibility index (Phi) is 4.14. The molecule has 0 aliphatic heterocycles.